The number of rotatable bonds is 2. The van der Waals surface area contributed by atoms with E-state index in [1.165, 1.54) is 4.90 Å². The van der Waals surface area contributed by atoms with Gasteiger partial charge in [-0.15, -0.1) is 0 Å². The van der Waals surface area contributed by atoms with Crippen LogP contribution in [-0.2, 0) is 11.3 Å². The standard InChI is InChI=1S/C14H13F2N3O2/c1-6-9(7(2)21-18-6)5-19-11-4-8(15)3-10(16)12(11)13(17)14(19)20/h3-4,13H,5,17H2,1-2H3. The summed E-state index contributed by atoms with van der Waals surface area (Å²) in [5, 5.41) is 3.80. The average Bonchev–Trinajstić information content (AvgIpc) is 2.84. The highest BCUT2D eigenvalue weighted by atomic mass is 19.1. The molecule has 0 fully saturated rings. The molecular formula is C14H13F2N3O2. The van der Waals surface area contributed by atoms with Gasteiger partial charge in [0, 0.05) is 17.2 Å². The highest BCUT2D eigenvalue weighted by Crippen LogP contribution is 2.38. The van der Waals surface area contributed by atoms with Crippen LogP contribution in [0.1, 0.15) is 28.6 Å². The molecule has 1 aromatic heterocycles. The second-order valence-electron chi connectivity index (χ2n) is 5.03. The monoisotopic (exact) mass is 293 g/mol. The lowest BCUT2D eigenvalue weighted by Crippen LogP contribution is -2.31. The Bertz CT molecular complexity index is 723. The van der Waals surface area contributed by atoms with Crippen LogP contribution >= 0.6 is 0 Å². The van der Waals surface area contributed by atoms with Crippen molar-refractivity contribution in [2.75, 3.05) is 4.90 Å². The van der Waals surface area contributed by atoms with Crippen molar-refractivity contribution in [1.29, 1.82) is 0 Å². The number of hydrogen-bond donors (Lipinski definition) is 1. The van der Waals surface area contributed by atoms with Crippen molar-refractivity contribution in [3.63, 3.8) is 0 Å². The maximum absolute atomic E-state index is 13.9. The Balaban J connectivity index is 2.08. The highest BCUT2D eigenvalue weighted by molar-refractivity contribution is 6.04. The number of aryl methyl sites for hydroxylation is 2. The zero-order valence-electron chi connectivity index (χ0n) is 11.5. The van der Waals surface area contributed by atoms with E-state index in [-0.39, 0.29) is 17.8 Å². The van der Waals surface area contributed by atoms with Crippen molar-refractivity contribution in [3.05, 3.63) is 46.3 Å². The fraction of sp³-hybridized carbons (Fsp3) is 0.286. The first kappa shape index (κ1) is 13.7. The summed E-state index contributed by atoms with van der Waals surface area (Å²) in [4.78, 5) is 13.5. The Morgan fingerprint density at radius 3 is 2.71 bits per heavy atom. The molecule has 1 aliphatic heterocycles. The quantitative estimate of drug-likeness (QED) is 0.920. The van der Waals surface area contributed by atoms with Crippen molar-refractivity contribution in [2.24, 2.45) is 5.73 Å². The van der Waals surface area contributed by atoms with Gasteiger partial charge in [-0.05, 0) is 19.9 Å². The molecule has 1 aromatic carbocycles. The third-order valence-electron chi connectivity index (χ3n) is 3.70. The Hall–Kier alpha value is -2.28. The van der Waals surface area contributed by atoms with E-state index in [0.717, 1.165) is 12.1 Å². The van der Waals surface area contributed by atoms with Crippen molar-refractivity contribution in [1.82, 2.24) is 5.16 Å². The first-order valence-corrected chi connectivity index (χ1v) is 6.37. The number of nitrogens with zero attached hydrogens (tertiary/aromatic N) is 2. The second-order valence-corrected chi connectivity index (χ2v) is 5.03. The predicted molar refractivity (Wildman–Crippen MR) is 70.5 cm³/mol. The average molecular weight is 293 g/mol. The maximum Gasteiger partial charge on any atom is 0.249 e. The molecule has 1 atom stereocenters. The van der Waals surface area contributed by atoms with Crippen LogP contribution in [0.5, 0.6) is 0 Å². The molecule has 3 rings (SSSR count). The first-order chi connectivity index (χ1) is 9.90. The van der Waals surface area contributed by atoms with E-state index >= 15 is 0 Å². The minimum Gasteiger partial charge on any atom is -0.361 e. The minimum atomic E-state index is -1.12. The number of aromatic nitrogens is 1. The largest absolute Gasteiger partial charge is 0.361 e. The predicted octanol–water partition coefficient (Wildman–Crippen LogP) is 2.12. The van der Waals surface area contributed by atoms with Gasteiger partial charge in [0.2, 0.25) is 5.91 Å². The molecule has 0 spiro atoms. The Labute approximate surface area is 119 Å². The van der Waals surface area contributed by atoms with Crippen LogP contribution < -0.4 is 10.6 Å². The molecule has 0 bridgehead atoms. The lowest BCUT2D eigenvalue weighted by Gasteiger charge is -2.17. The van der Waals surface area contributed by atoms with Crippen molar-refractivity contribution >= 4 is 11.6 Å². The number of amides is 1. The molecule has 0 saturated carbocycles. The summed E-state index contributed by atoms with van der Waals surface area (Å²) in [5.41, 5.74) is 7.25. The lowest BCUT2D eigenvalue weighted by molar-refractivity contribution is -0.119. The molecule has 0 aliphatic carbocycles. The van der Waals surface area contributed by atoms with Crippen LogP contribution in [0.25, 0.3) is 0 Å². The molecule has 7 heteroatoms. The first-order valence-electron chi connectivity index (χ1n) is 6.37. The van der Waals surface area contributed by atoms with Crippen LogP contribution in [0.3, 0.4) is 0 Å². The molecule has 21 heavy (non-hydrogen) atoms. The second kappa shape index (κ2) is 4.63. The van der Waals surface area contributed by atoms with Gasteiger partial charge in [-0.3, -0.25) is 4.79 Å². The van der Waals surface area contributed by atoms with E-state index in [4.69, 9.17) is 10.3 Å². The summed E-state index contributed by atoms with van der Waals surface area (Å²) >= 11 is 0. The van der Waals surface area contributed by atoms with Crippen LogP contribution in [-0.4, -0.2) is 11.1 Å². The van der Waals surface area contributed by atoms with Crippen LogP contribution in [0.2, 0.25) is 0 Å². The van der Waals surface area contributed by atoms with Crippen LogP contribution in [0.4, 0.5) is 14.5 Å². The topological polar surface area (TPSA) is 72.4 Å². The minimum absolute atomic E-state index is 0.0214. The number of fused-ring (bicyclic) bond motifs is 1. The van der Waals surface area contributed by atoms with E-state index in [0.29, 0.717) is 17.0 Å². The normalized spacial score (nSPS) is 17.5. The molecule has 2 N–H and O–H groups in total. The number of hydrogen-bond acceptors (Lipinski definition) is 4. The van der Waals surface area contributed by atoms with Crippen LogP contribution in [0, 0.1) is 25.5 Å². The Kier molecular flexibility index (Phi) is 3.02. The number of benzene rings is 1. The number of anilines is 1. The van der Waals surface area contributed by atoms with E-state index < -0.39 is 23.6 Å². The van der Waals surface area contributed by atoms with Gasteiger partial charge < -0.3 is 15.2 Å². The van der Waals surface area contributed by atoms with E-state index in [1.807, 2.05) is 0 Å². The van der Waals surface area contributed by atoms with Crippen LogP contribution in [0.15, 0.2) is 16.7 Å². The molecule has 0 radical (unpaired) electrons. The molecule has 1 aliphatic rings. The van der Waals surface area contributed by atoms with Gasteiger partial charge in [0.05, 0.1) is 17.9 Å². The molecular weight excluding hydrogens is 280 g/mol. The van der Waals surface area contributed by atoms with Gasteiger partial charge in [0.15, 0.2) is 0 Å². The van der Waals surface area contributed by atoms with Gasteiger partial charge in [0.1, 0.15) is 23.4 Å². The molecule has 2 aromatic rings. The summed E-state index contributed by atoms with van der Waals surface area (Å²) < 4.78 is 32.3. The number of carbonyl (C=O) groups excluding carboxylic acids is 1. The maximum atomic E-state index is 13.9. The zero-order valence-corrected chi connectivity index (χ0v) is 11.5. The van der Waals surface area contributed by atoms with E-state index in [9.17, 15) is 13.6 Å². The van der Waals surface area contributed by atoms with Crippen molar-refractivity contribution in [3.8, 4) is 0 Å². The lowest BCUT2D eigenvalue weighted by atomic mass is 10.1. The molecule has 2 heterocycles. The third kappa shape index (κ3) is 2.01. The molecule has 1 unspecified atom stereocenters. The summed E-state index contributed by atoms with van der Waals surface area (Å²) in [7, 11) is 0. The number of carbonyl (C=O) groups is 1. The molecule has 110 valence electrons. The van der Waals surface area contributed by atoms with Crippen molar-refractivity contribution in [2.45, 2.75) is 26.4 Å². The van der Waals surface area contributed by atoms with E-state index in [2.05, 4.69) is 5.16 Å². The van der Waals surface area contributed by atoms with Gasteiger partial charge in [-0.2, -0.15) is 0 Å². The summed E-state index contributed by atoms with van der Waals surface area (Å²) in [6.07, 6.45) is 0. The van der Waals surface area contributed by atoms with E-state index in [1.54, 1.807) is 13.8 Å². The SMILES string of the molecule is Cc1noc(C)c1CN1C(=O)C(N)c2c(F)cc(F)cc21. The van der Waals surface area contributed by atoms with Crippen molar-refractivity contribution < 1.29 is 18.1 Å². The zero-order chi connectivity index (χ0) is 15.3. The highest BCUT2D eigenvalue weighted by Gasteiger charge is 2.38. The molecule has 5 nitrogen and oxygen atoms in total. The smallest absolute Gasteiger partial charge is 0.249 e. The van der Waals surface area contributed by atoms with Gasteiger partial charge in [0.25, 0.3) is 0 Å². The Morgan fingerprint density at radius 2 is 2.10 bits per heavy atom. The fourth-order valence-corrected chi connectivity index (χ4v) is 2.56. The molecule has 1 amide bonds. The Morgan fingerprint density at radius 1 is 1.38 bits per heavy atom. The number of halogens is 2. The fourth-order valence-electron chi connectivity index (χ4n) is 2.56. The van der Waals surface area contributed by atoms with Gasteiger partial charge >= 0.3 is 0 Å². The molecule has 0 saturated heterocycles. The summed E-state index contributed by atoms with van der Waals surface area (Å²) in [6.45, 7) is 3.56. The summed E-state index contributed by atoms with van der Waals surface area (Å²) in [5.74, 6) is -1.49. The van der Waals surface area contributed by atoms with Gasteiger partial charge in [-0.25, -0.2) is 8.78 Å². The van der Waals surface area contributed by atoms with Gasteiger partial charge in [-0.1, -0.05) is 5.16 Å². The number of nitrogens with two attached hydrogens (primary N) is 1. The summed E-state index contributed by atoms with van der Waals surface area (Å²) in [6, 6.07) is 0.716. The third-order valence-corrected chi connectivity index (χ3v) is 3.70.